The Bertz CT molecular complexity index is 754. The minimum Gasteiger partial charge on any atom is -0.493 e. The average Bonchev–Trinajstić information content (AvgIpc) is 2.89. The van der Waals surface area contributed by atoms with E-state index < -0.39 is 29.6 Å². The Balaban J connectivity index is 1.62. The van der Waals surface area contributed by atoms with E-state index >= 15 is 0 Å². The zero-order valence-electron chi connectivity index (χ0n) is 15.3. The Morgan fingerprint density at radius 2 is 2.04 bits per heavy atom. The molecule has 0 radical (unpaired) electrons. The number of hydrogen-bond acceptors (Lipinski definition) is 4. The number of carbonyl (C=O) groups is 2. The number of carboxylic acid groups (broad SMARTS) is 2. The number of hydrogen-bond donors (Lipinski definition) is 2. The molecular weight excluding hydrogens is 359 g/mol. The van der Waals surface area contributed by atoms with Crippen LogP contribution in [0.25, 0.3) is 0 Å². The van der Waals surface area contributed by atoms with Crippen molar-refractivity contribution in [2.75, 3.05) is 26.2 Å². The summed E-state index contributed by atoms with van der Waals surface area (Å²) in [6.45, 7) is 4.25. The lowest BCUT2D eigenvalue weighted by molar-refractivity contribution is 0.0562. The number of ether oxygens (including phenoxy) is 2. The second-order valence-electron chi connectivity index (χ2n) is 7.43. The van der Waals surface area contributed by atoms with Crippen LogP contribution >= 0.6 is 0 Å². The van der Waals surface area contributed by atoms with E-state index in [4.69, 9.17) is 14.6 Å². The van der Waals surface area contributed by atoms with E-state index in [-0.39, 0.29) is 32.0 Å². The van der Waals surface area contributed by atoms with Gasteiger partial charge in [0.2, 0.25) is 0 Å². The van der Waals surface area contributed by atoms with Gasteiger partial charge in [-0.15, -0.1) is 0 Å². The Hall–Kier alpha value is -2.71. The third-order valence-electron chi connectivity index (χ3n) is 4.81. The molecule has 148 valence electrons. The molecule has 0 saturated carbocycles. The van der Waals surface area contributed by atoms with Crippen molar-refractivity contribution in [1.29, 1.82) is 0 Å². The number of halogens is 1. The van der Waals surface area contributed by atoms with Crippen LogP contribution in [0.1, 0.15) is 25.8 Å². The first kappa shape index (κ1) is 19.1. The lowest BCUT2D eigenvalue weighted by atomic mass is 10.0. The highest BCUT2D eigenvalue weighted by molar-refractivity contribution is 5.68. The summed E-state index contributed by atoms with van der Waals surface area (Å²) < 4.78 is 25.4. The Kier molecular flexibility index (Phi) is 5.03. The van der Waals surface area contributed by atoms with Gasteiger partial charge in [-0.25, -0.2) is 14.0 Å². The van der Waals surface area contributed by atoms with E-state index in [1.807, 2.05) is 13.8 Å². The molecular formula is C18H23FN2O6. The van der Waals surface area contributed by atoms with Crippen molar-refractivity contribution in [1.82, 2.24) is 9.80 Å². The van der Waals surface area contributed by atoms with E-state index in [1.54, 1.807) is 6.07 Å². The molecule has 0 spiro atoms. The monoisotopic (exact) mass is 382 g/mol. The summed E-state index contributed by atoms with van der Waals surface area (Å²) in [6.07, 6.45) is -1.29. The minimum absolute atomic E-state index is 0.0889. The van der Waals surface area contributed by atoms with Crippen molar-refractivity contribution in [3.63, 3.8) is 0 Å². The van der Waals surface area contributed by atoms with Crippen LogP contribution in [0.4, 0.5) is 14.0 Å². The van der Waals surface area contributed by atoms with Gasteiger partial charge in [-0.3, -0.25) is 0 Å². The molecule has 0 unspecified atom stereocenters. The van der Waals surface area contributed by atoms with E-state index in [1.165, 1.54) is 15.9 Å². The molecule has 2 aliphatic heterocycles. The number of amides is 2. The predicted octanol–water partition coefficient (Wildman–Crippen LogP) is 2.65. The third kappa shape index (κ3) is 4.17. The van der Waals surface area contributed by atoms with E-state index in [9.17, 15) is 19.1 Å². The Morgan fingerprint density at radius 3 is 2.70 bits per heavy atom. The molecule has 2 amide bonds. The van der Waals surface area contributed by atoms with Crippen LogP contribution in [-0.4, -0.2) is 70.1 Å². The van der Waals surface area contributed by atoms with Gasteiger partial charge in [0, 0.05) is 44.1 Å². The fourth-order valence-electron chi connectivity index (χ4n) is 3.56. The molecule has 1 atom stereocenters. The summed E-state index contributed by atoms with van der Waals surface area (Å²) in [6, 6.07) is 2.47. The van der Waals surface area contributed by atoms with Crippen molar-refractivity contribution in [3.8, 4) is 11.5 Å². The van der Waals surface area contributed by atoms with E-state index in [0.29, 0.717) is 18.6 Å². The SMILES string of the molecule is CC1(C)Cc2cc(OCC[C@@H]3CN(C(=O)O)CCN3C(=O)O)cc(F)c2O1. The van der Waals surface area contributed by atoms with Gasteiger partial charge >= 0.3 is 12.2 Å². The second-order valence-corrected chi connectivity index (χ2v) is 7.43. The van der Waals surface area contributed by atoms with E-state index in [0.717, 1.165) is 5.56 Å². The molecule has 1 saturated heterocycles. The molecule has 0 aromatic heterocycles. The smallest absolute Gasteiger partial charge is 0.407 e. The topological polar surface area (TPSA) is 99.5 Å². The maximum Gasteiger partial charge on any atom is 0.407 e. The van der Waals surface area contributed by atoms with Gasteiger partial charge in [0.25, 0.3) is 0 Å². The summed E-state index contributed by atoms with van der Waals surface area (Å²) in [7, 11) is 0. The van der Waals surface area contributed by atoms with Gasteiger partial charge in [0.05, 0.1) is 12.6 Å². The minimum atomic E-state index is -1.09. The number of rotatable bonds is 4. The first-order chi connectivity index (χ1) is 12.7. The molecule has 1 aromatic rings. The number of nitrogens with zero attached hydrogens (tertiary/aromatic N) is 2. The molecule has 0 aliphatic carbocycles. The lowest BCUT2D eigenvalue weighted by Gasteiger charge is -2.38. The Morgan fingerprint density at radius 1 is 1.30 bits per heavy atom. The number of benzene rings is 1. The van der Waals surface area contributed by atoms with Crippen molar-refractivity contribution >= 4 is 12.2 Å². The first-order valence-electron chi connectivity index (χ1n) is 8.78. The van der Waals surface area contributed by atoms with Crippen LogP contribution in [-0.2, 0) is 6.42 Å². The fraction of sp³-hybridized carbons (Fsp3) is 0.556. The largest absolute Gasteiger partial charge is 0.493 e. The third-order valence-corrected chi connectivity index (χ3v) is 4.81. The van der Waals surface area contributed by atoms with Crippen LogP contribution < -0.4 is 9.47 Å². The summed E-state index contributed by atoms with van der Waals surface area (Å²) in [4.78, 5) is 24.9. The standard InChI is InChI=1S/C18H23FN2O6/c1-18(2)9-11-7-13(8-14(19)15(11)27-18)26-6-3-12-10-20(16(22)23)4-5-21(12)17(24)25/h7-8,12H,3-6,9-10H2,1-2H3,(H,22,23)(H,24,25)/t12-/m1/s1. The summed E-state index contributed by atoms with van der Waals surface area (Å²) >= 11 is 0. The van der Waals surface area contributed by atoms with Crippen molar-refractivity contribution in [3.05, 3.63) is 23.5 Å². The van der Waals surface area contributed by atoms with Gasteiger partial charge in [-0.1, -0.05) is 0 Å². The number of fused-ring (bicyclic) bond motifs is 1. The molecule has 8 nitrogen and oxygen atoms in total. The maximum absolute atomic E-state index is 14.2. The normalized spacial score (nSPS) is 20.8. The van der Waals surface area contributed by atoms with Crippen molar-refractivity contribution in [2.45, 2.75) is 38.3 Å². The van der Waals surface area contributed by atoms with Crippen LogP contribution in [0.2, 0.25) is 0 Å². The van der Waals surface area contributed by atoms with Crippen molar-refractivity contribution < 1.29 is 33.7 Å². The summed E-state index contributed by atoms with van der Waals surface area (Å²) in [5.41, 5.74) is 0.267. The van der Waals surface area contributed by atoms with Gasteiger partial charge in [0.15, 0.2) is 11.6 Å². The summed E-state index contributed by atoms with van der Waals surface area (Å²) in [5.74, 6) is 0.101. The zero-order chi connectivity index (χ0) is 19.8. The van der Waals surface area contributed by atoms with Crippen LogP contribution in [0.5, 0.6) is 11.5 Å². The summed E-state index contributed by atoms with van der Waals surface area (Å²) in [5, 5.41) is 18.4. The highest BCUT2D eigenvalue weighted by atomic mass is 19.1. The average molecular weight is 382 g/mol. The molecule has 0 bridgehead atoms. The van der Waals surface area contributed by atoms with E-state index in [2.05, 4.69) is 0 Å². The molecule has 3 rings (SSSR count). The quantitative estimate of drug-likeness (QED) is 0.831. The molecule has 1 fully saturated rings. The second kappa shape index (κ2) is 7.13. The van der Waals surface area contributed by atoms with Gasteiger partial charge in [-0.05, 0) is 19.9 Å². The molecule has 9 heteroatoms. The van der Waals surface area contributed by atoms with Gasteiger partial charge in [0.1, 0.15) is 11.4 Å². The molecule has 1 aromatic carbocycles. The van der Waals surface area contributed by atoms with Gasteiger partial charge < -0.3 is 29.5 Å². The van der Waals surface area contributed by atoms with Crippen LogP contribution in [0.3, 0.4) is 0 Å². The fourth-order valence-corrected chi connectivity index (χ4v) is 3.56. The lowest BCUT2D eigenvalue weighted by Crippen LogP contribution is -2.56. The maximum atomic E-state index is 14.2. The van der Waals surface area contributed by atoms with Crippen LogP contribution in [0, 0.1) is 5.82 Å². The van der Waals surface area contributed by atoms with Crippen molar-refractivity contribution in [2.24, 2.45) is 0 Å². The highest BCUT2D eigenvalue weighted by Crippen LogP contribution is 2.39. The van der Waals surface area contributed by atoms with Gasteiger partial charge in [-0.2, -0.15) is 0 Å². The molecule has 27 heavy (non-hydrogen) atoms. The Labute approximate surface area is 156 Å². The zero-order valence-corrected chi connectivity index (χ0v) is 15.3. The molecule has 2 heterocycles. The highest BCUT2D eigenvalue weighted by Gasteiger charge is 2.34. The molecule has 2 N–H and O–H groups in total. The van der Waals surface area contributed by atoms with Crippen LogP contribution in [0.15, 0.2) is 12.1 Å². The molecule has 2 aliphatic rings. The predicted molar refractivity (Wildman–Crippen MR) is 93.0 cm³/mol. The number of piperazine rings is 1. The first-order valence-corrected chi connectivity index (χ1v) is 8.78.